The van der Waals surface area contributed by atoms with Crippen LogP contribution in [0.2, 0.25) is 0 Å². The van der Waals surface area contributed by atoms with Crippen LogP contribution in [0.5, 0.6) is 0 Å². The lowest BCUT2D eigenvalue weighted by molar-refractivity contribution is 0.303. The Morgan fingerprint density at radius 1 is 1.22 bits per heavy atom. The first-order chi connectivity index (χ1) is 8.39. The van der Waals surface area contributed by atoms with Crippen molar-refractivity contribution in [2.45, 2.75) is 18.3 Å². The van der Waals surface area contributed by atoms with Gasteiger partial charge in [-0.3, -0.25) is 4.18 Å². The van der Waals surface area contributed by atoms with Crippen molar-refractivity contribution in [1.82, 2.24) is 0 Å². The Bertz CT molecular complexity index is 604. The van der Waals surface area contributed by atoms with Gasteiger partial charge in [-0.05, 0) is 12.0 Å². The SMILES string of the molecule is O=S1(=O)CC[C@H](S(=O)(=O)OCc2ccccc2)C1. The maximum atomic E-state index is 11.8. The van der Waals surface area contributed by atoms with E-state index in [2.05, 4.69) is 0 Å². The molecule has 0 aromatic heterocycles. The molecule has 100 valence electrons. The zero-order valence-electron chi connectivity index (χ0n) is 9.65. The van der Waals surface area contributed by atoms with Crippen molar-refractivity contribution in [3.63, 3.8) is 0 Å². The monoisotopic (exact) mass is 290 g/mol. The highest BCUT2D eigenvalue weighted by Crippen LogP contribution is 2.21. The standard InChI is InChI=1S/C11H14O5S2/c12-17(13)7-6-11(9-17)18(14,15)16-8-10-4-2-1-3-5-10/h1-5,11H,6-9H2/t11-/m0/s1. The predicted molar refractivity (Wildman–Crippen MR) is 67.2 cm³/mol. The molecule has 5 nitrogen and oxygen atoms in total. The molecule has 0 aliphatic carbocycles. The highest BCUT2D eigenvalue weighted by Gasteiger charge is 2.37. The number of hydrogen-bond acceptors (Lipinski definition) is 5. The van der Waals surface area contributed by atoms with E-state index in [9.17, 15) is 16.8 Å². The second-order valence-electron chi connectivity index (χ2n) is 4.27. The van der Waals surface area contributed by atoms with Gasteiger partial charge in [-0.15, -0.1) is 0 Å². The predicted octanol–water partition coefficient (Wildman–Crippen LogP) is 0.720. The molecule has 2 rings (SSSR count). The number of benzene rings is 1. The Morgan fingerprint density at radius 3 is 2.44 bits per heavy atom. The summed E-state index contributed by atoms with van der Waals surface area (Å²) in [6.45, 7) is -0.0558. The molecule has 1 aliphatic rings. The zero-order valence-corrected chi connectivity index (χ0v) is 11.3. The molecular weight excluding hydrogens is 276 g/mol. The van der Waals surface area contributed by atoms with E-state index < -0.39 is 25.2 Å². The maximum absolute atomic E-state index is 11.8. The molecular formula is C11H14O5S2. The van der Waals surface area contributed by atoms with Crippen LogP contribution in [0.15, 0.2) is 30.3 Å². The molecule has 1 aromatic carbocycles. The summed E-state index contributed by atoms with van der Waals surface area (Å²) in [5, 5.41) is -0.925. The first-order valence-electron chi connectivity index (χ1n) is 5.52. The lowest BCUT2D eigenvalue weighted by Crippen LogP contribution is -2.24. The minimum absolute atomic E-state index is 0.0558. The number of sulfone groups is 1. The Labute approximate surface area is 107 Å². The van der Waals surface area contributed by atoms with E-state index in [4.69, 9.17) is 4.18 Å². The molecule has 1 saturated heterocycles. The normalized spacial score (nSPS) is 23.0. The largest absolute Gasteiger partial charge is 0.271 e. The molecule has 0 unspecified atom stereocenters. The van der Waals surface area contributed by atoms with Crippen molar-refractivity contribution in [3.05, 3.63) is 35.9 Å². The second-order valence-corrected chi connectivity index (χ2v) is 8.38. The molecule has 1 atom stereocenters. The van der Waals surface area contributed by atoms with Gasteiger partial charge in [0.1, 0.15) is 5.25 Å². The van der Waals surface area contributed by atoms with Gasteiger partial charge in [-0.25, -0.2) is 8.42 Å². The van der Waals surface area contributed by atoms with Gasteiger partial charge in [0.15, 0.2) is 9.84 Å². The molecule has 0 bridgehead atoms. The van der Waals surface area contributed by atoms with E-state index in [1.807, 2.05) is 6.07 Å². The van der Waals surface area contributed by atoms with Gasteiger partial charge in [0.2, 0.25) is 0 Å². The Hall–Kier alpha value is -0.920. The molecule has 0 N–H and O–H groups in total. The summed E-state index contributed by atoms with van der Waals surface area (Å²) in [7, 11) is -7.03. The molecule has 18 heavy (non-hydrogen) atoms. The van der Waals surface area contributed by atoms with Crippen molar-refractivity contribution in [2.75, 3.05) is 11.5 Å². The molecule has 7 heteroatoms. The van der Waals surface area contributed by atoms with Crippen molar-refractivity contribution >= 4 is 20.0 Å². The van der Waals surface area contributed by atoms with E-state index in [-0.39, 0.29) is 24.5 Å². The highest BCUT2D eigenvalue weighted by molar-refractivity contribution is 7.94. The number of rotatable bonds is 4. The van der Waals surface area contributed by atoms with Gasteiger partial charge in [-0.1, -0.05) is 30.3 Å². The third-order valence-corrected chi connectivity index (χ3v) is 6.48. The van der Waals surface area contributed by atoms with Crippen LogP contribution in [0.1, 0.15) is 12.0 Å². The smallest absolute Gasteiger partial charge is 0.265 e. The van der Waals surface area contributed by atoms with Crippen LogP contribution < -0.4 is 0 Å². The average Bonchev–Trinajstić information content (AvgIpc) is 2.69. The summed E-state index contributed by atoms with van der Waals surface area (Å²) in [6.07, 6.45) is 0.124. The van der Waals surface area contributed by atoms with Crippen molar-refractivity contribution in [2.24, 2.45) is 0 Å². The molecule has 0 amide bonds. The van der Waals surface area contributed by atoms with Gasteiger partial charge in [0.25, 0.3) is 10.1 Å². The van der Waals surface area contributed by atoms with Gasteiger partial charge in [0.05, 0.1) is 18.1 Å². The van der Waals surface area contributed by atoms with Crippen molar-refractivity contribution in [3.8, 4) is 0 Å². The fourth-order valence-electron chi connectivity index (χ4n) is 1.81. The lowest BCUT2D eigenvalue weighted by atomic mass is 10.2. The van der Waals surface area contributed by atoms with Crippen LogP contribution in [0.4, 0.5) is 0 Å². The summed E-state index contributed by atoms with van der Waals surface area (Å²) in [5.41, 5.74) is 0.738. The fourth-order valence-corrected chi connectivity index (χ4v) is 5.69. The van der Waals surface area contributed by atoms with Gasteiger partial charge >= 0.3 is 0 Å². The second kappa shape index (κ2) is 4.99. The summed E-state index contributed by atoms with van der Waals surface area (Å²) in [6, 6.07) is 8.89. The zero-order chi connectivity index (χ0) is 13.2. The van der Waals surface area contributed by atoms with E-state index in [0.717, 1.165) is 5.56 Å². The van der Waals surface area contributed by atoms with Gasteiger partial charge in [-0.2, -0.15) is 8.42 Å². The molecule has 1 fully saturated rings. The molecule has 0 saturated carbocycles. The van der Waals surface area contributed by atoms with E-state index in [1.54, 1.807) is 24.3 Å². The Kier molecular flexibility index (Phi) is 3.74. The minimum atomic E-state index is -3.81. The Balaban J connectivity index is 2.01. The molecule has 0 radical (unpaired) electrons. The van der Waals surface area contributed by atoms with Crippen LogP contribution in [-0.2, 0) is 30.7 Å². The van der Waals surface area contributed by atoms with Crippen LogP contribution >= 0.6 is 0 Å². The summed E-state index contributed by atoms with van der Waals surface area (Å²) in [4.78, 5) is 0. The van der Waals surface area contributed by atoms with Crippen molar-refractivity contribution < 1.29 is 21.0 Å². The van der Waals surface area contributed by atoms with E-state index in [1.165, 1.54) is 0 Å². The number of hydrogen-bond donors (Lipinski definition) is 0. The van der Waals surface area contributed by atoms with Crippen LogP contribution in [0.25, 0.3) is 0 Å². The first-order valence-corrected chi connectivity index (χ1v) is 8.81. The molecule has 1 aliphatic heterocycles. The molecule has 1 aromatic rings. The van der Waals surface area contributed by atoms with Crippen molar-refractivity contribution in [1.29, 1.82) is 0 Å². The average molecular weight is 290 g/mol. The highest BCUT2D eigenvalue weighted by atomic mass is 32.2. The van der Waals surface area contributed by atoms with Crippen LogP contribution in [0.3, 0.4) is 0 Å². The van der Waals surface area contributed by atoms with Crippen LogP contribution in [0, 0.1) is 0 Å². The van der Waals surface area contributed by atoms with Crippen LogP contribution in [-0.4, -0.2) is 33.6 Å². The topological polar surface area (TPSA) is 77.5 Å². The summed E-state index contributed by atoms with van der Waals surface area (Å²) in [5.74, 6) is -0.407. The lowest BCUT2D eigenvalue weighted by Gasteiger charge is -2.10. The first kappa shape index (κ1) is 13.5. The van der Waals surface area contributed by atoms with E-state index in [0.29, 0.717) is 0 Å². The fraction of sp³-hybridized carbons (Fsp3) is 0.455. The van der Waals surface area contributed by atoms with Gasteiger partial charge in [0, 0.05) is 0 Å². The summed E-state index contributed by atoms with van der Waals surface area (Å²) >= 11 is 0. The quantitative estimate of drug-likeness (QED) is 0.764. The Morgan fingerprint density at radius 2 is 1.89 bits per heavy atom. The van der Waals surface area contributed by atoms with Gasteiger partial charge < -0.3 is 0 Å². The molecule has 1 heterocycles. The minimum Gasteiger partial charge on any atom is -0.265 e. The summed E-state index contributed by atoms with van der Waals surface area (Å²) < 4.78 is 51.0. The third kappa shape index (κ3) is 3.30. The van der Waals surface area contributed by atoms with E-state index >= 15 is 0 Å². The molecule has 0 spiro atoms. The third-order valence-electron chi connectivity index (χ3n) is 2.83. The maximum Gasteiger partial charge on any atom is 0.271 e.